The van der Waals surface area contributed by atoms with Gasteiger partial charge in [-0.25, -0.2) is 0 Å². The predicted octanol–water partition coefficient (Wildman–Crippen LogP) is 1.01. The van der Waals surface area contributed by atoms with Crippen molar-refractivity contribution in [1.29, 1.82) is 0 Å². The zero-order chi connectivity index (χ0) is 10.9. The van der Waals surface area contributed by atoms with E-state index in [0.717, 1.165) is 13.1 Å². The molecule has 0 spiro atoms. The van der Waals surface area contributed by atoms with E-state index in [4.69, 9.17) is 0 Å². The van der Waals surface area contributed by atoms with E-state index in [1.807, 2.05) is 0 Å². The Balaban J connectivity index is 1.89. The van der Waals surface area contributed by atoms with E-state index in [1.54, 1.807) is 0 Å². The van der Waals surface area contributed by atoms with Crippen molar-refractivity contribution in [3.05, 3.63) is 0 Å². The van der Waals surface area contributed by atoms with Gasteiger partial charge in [0.25, 0.3) is 0 Å². The Hall–Kier alpha value is -0.120. The van der Waals surface area contributed by atoms with Crippen LogP contribution in [0.3, 0.4) is 0 Å². The Morgan fingerprint density at radius 3 is 2.60 bits per heavy atom. The number of nitrogens with one attached hydrogen (secondary N) is 1. The zero-order valence-corrected chi connectivity index (χ0v) is 10.5. The highest BCUT2D eigenvalue weighted by Crippen LogP contribution is 2.07. The Bertz CT molecular complexity index is 144. The van der Waals surface area contributed by atoms with Crippen LogP contribution in [-0.2, 0) is 0 Å². The smallest absolute Gasteiger partial charge is 0.0104 e. The molecule has 0 aromatic heterocycles. The van der Waals surface area contributed by atoms with Crippen molar-refractivity contribution in [2.24, 2.45) is 0 Å². The Kier molecular flexibility index (Phi) is 6.98. The quantitative estimate of drug-likeness (QED) is 0.607. The van der Waals surface area contributed by atoms with Gasteiger partial charge in [0.15, 0.2) is 0 Å². The van der Waals surface area contributed by atoms with E-state index in [9.17, 15) is 0 Å². The minimum Gasteiger partial charge on any atom is -0.316 e. The molecule has 0 aliphatic carbocycles. The van der Waals surface area contributed by atoms with Crippen molar-refractivity contribution in [3.8, 4) is 0 Å². The highest BCUT2D eigenvalue weighted by Gasteiger charge is 2.10. The van der Waals surface area contributed by atoms with Crippen LogP contribution in [0.1, 0.15) is 26.2 Å². The number of likely N-dealkylation sites (tertiary alicyclic amines) is 1. The summed E-state index contributed by atoms with van der Waals surface area (Å²) in [6.07, 6.45) is 4.15. The first-order chi connectivity index (χ1) is 7.33. The summed E-state index contributed by atoms with van der Waals surface area (Å²) in [4.78, 5) is 5.02. The third-order valence-corrected chi connectivity index (χ3v) is 3.13. The van der Waals surface area contributed by atoms with Gasteiger partial charge >= 0.3 is 0 Å². The molecule has 3 nitrogen and oxygen atoms in total. The van der Waals surface area contributed by atoms with Gasteiger partial charge in [-0.15, -0.1) is 0 Å². The fraction of sp³-hybridized carbons (Fsp3) is 1.00. The van der Waals surface area contributed by atoms with Gasteiger partial charge < -0.3 is 15.1 Å². The molecule has 0 saturated carbocycles. The normalized spacial score (nSPS) is 17.8. The summed E-state index contributed by atoms with van der Waals surface area (Å²) in [7, 11) is 2.22. The summed E-state index contributed by atoms with van der Waals surface area (Å²) < 4.78 is 0. The molecule has 90 valence electrons. The molecule has 0 amide bonds. The van der Waals surface area contributed by atoms with Crippen molar-refractivity contribution in [3.63, 3.8) is 0 Å². The molecule has 0 unspecified atom stereocenters. The van der Waals surface area contributed by atoms with E-state index in [-0.39, 0.29) is 0 Å². The largest absolute Gasteiger partial charge is 0.316 e. The second-order valence-corrected chi connectivity index (χ2v) is 4.56. The van der Waals surface area contributed by atoms with Crippen molar-refractivity contribution in [1.82, 2.24) is 15.1 Å². The molecule has 1 heterocycles. The first-order valence-electron chi connectivity index (χ1n) is 6.44. The first-order valence-corrected chi connectivity index (χ1v) is 6.44. The van der Waals surface area contributed by atoms with E-state index in [2.05, 4.69) is 29.1 Å². The lowest BCUT2D eigenvalue weighted by atomic mass is 10.3. The van der Waals surface area contributed by atoms with Gasteiger partial charge in [-0.2, -0.15) is 0 Å². The second kappa shape index (κ2) is 8.08. The fourth-order valence-electron chi connectivity index (χ4n) is 2.13. The van der Waals surface area contributed by atoms with Gasteiger partial charge in [-0.1, -0.05) is 6.92 Å². The molecule has 1 saturated heterocycles. The molecule has 0 radical (unpaired) electrons. The molecule has 0 bridgehead atoms. The molecule has 3 heteroatoms. The van der Waals surface area contributed by atoms with Crippen LogP contribution in [0, 0.1) is 0 Å². The molecule has 1 N–H and O–H groups in total. The second-order valence-electron chi connectivity index (χ2n) is 4.56. The van der Waals surface area contributed by atoms with E-state index < -0.39 is 0 Å². The summed E-state index contributed by atoms with van der Waals surface area (Å²) in [5.41, 5.74) is 0. The average Bonchev–Trinajstić information content (AvgIpc) is 2.71. The lowest BCUT2D eigenvalue weighted by molar-refractivity contribution is 0.279. The van der Waals surface area contributed by atoms with Crippen LogP contribution >= 0.6 is 0 Å². The van der Waals surface area contributed by atoms with Gasteiger partial charge in [0.05, 0.1) is 0 Å². The number of nitrogens with zero attached hydrogens (tertiary/aromatic N) is 2. The van der Waals surface area contributed by atoms with E-state index in [0.29, 0.717) is 0 Å². The fourth-order valence-corrected chi connectivity index (χ4v) is 2.13. The number of likely N-dealkylation sites (N-methyl/N-ethyl adjacent to an activating group) is 2. The summed E-state index contributed by atoms with van der Waals surface area (Å²) >= 11 is 0. The van der Waals surface area contributed by atoms with Gasteiger partial charge in [0.1, 0.15) is 0 Å². The molecule has 15 heavy (non-hydrogen) atoms. The molecule has 0 atom stereocenters. The van der Waals surface area contributed by atoms with Gasteiger partial charge in [0.2, 0.25) is 0 Å². The molecule has 1 aliphatic heterocycles. The van der Waals surface area contributed by atoms with Crippen molar-refractivity contribution in [2.45, 2.75) is 26.2 Å². The third-order valence-electron chi connectivity index (χ3n) is 3.13. The molecule has 0 aromatic rings. The van der Waals surface area contributed by atoms with Gasteiger partial charge in [0, 0.05) is 13.1 Å². The van der Waals surface area contributed by atoms with Gasteiger partial charge in [-0.05, 0) is 59.0 Å². The first kappa shape index (κ1) is 12.9. The zero-order valence-electron chi connectivity index (χ0n) is 10.5. The minimum absolute atomic E-state index is 1.08. The summed E-state index contributed by atoms with van der Waals surface area (Å²) in [6.45, 7) is 10.7. The van der Waals surface area contributed by atoms with Crippen LogP contribution in [0.15, 0.2) is 0 Å². The third kappa shape index (κ3) is 6.13. The molecule has 1 fully saturated rings. The predicted molar refractivity (Wildman–Crippen MR) is 66.3 cm³/mol. The van der Waals surface area contributed by atoms with Crippen LogP contribution in [0.4, 0.5) is 0 Å². The average molecular weight is 213 g/mol. The highest BCUT2D eigenvalue weighted by atomic mass is 15.1. The van der Waals surface area contributed by atoms with Crippen LogP contribution in [0.2, 0.25) is 0 Å². The van der Waals surface area contributed by atoms with Crippen LogP contribution < -0.4 is 5.32 Å². The topological polar surface area (TPSA) is 18.5 Å². The van der Waals surface area contributed by atoms with E-state index >= 15 is 0 Å². The van der Waals surface area contributed by atoms with Crippen molar-refractivity contribution in [2.75, 3.05) is 52.9 Å². The van der Waals surface area contributed by atoms with Crippen molar-refractivity contribution < 1.29 is 0 Å². The standard InChI is InChI=1S/C12H27N3/c1-3-13-7-12-14(2)8-6-11-15-9-4-5-10-15/h13H,3-12H2,1-2H3. The van der Waals surface area contributed by atoms with Crippen LogP contribution in [-0.4, -0.2) is 62.7 Å². The highest BCUT2D eigenvalue weighted by molar-refractivity contribution is 4.66. The Morgan fingerprint density at radius 2 is 1.93 bits per heavy atom. The molecule has 1 rings (SSSR count). The maximum absolute atomic E-state index is 3.36. The lowest BCUT2D eigenvalue weighted by Crippen LogP contribution is -2.31. The lowest BCUT2D eigenvalue weighted by Gasteiger charge is -2.19. The Morgan fingerprint density at radius 1 is 1.20 bits per heavy atom. The van der Waals surface area contributed by atoms with E-state index in [1.165, 1.54) is 52.0 Å². The van der Waals surface area contributed by atoms with Gasteiger partial charge in [-0.3, -0.25) is 0 Å². The van der Waals surface area contributed by atoms with Crippen LogP contribution in [0.5, 0.6) is 0 Å². The molecule has 0 aromatic carbocycles. The number of rotatable bonds is 8. The SMILES string of the molecule is CCNCCN(C)CCCN1CCCC1. The van der Waals surface area contributed by atoms with Crippen molar-refractivity contribution >= 4 is 0 Å². The molecular weight excluding hydrogens is 186 g/mol. The van der Waals surface area contributed by atoms with Crippen LogP contribution in [0.25, 0.3) is 0 Å². The number of hydrogen-bond acceptors (Lipinski definition) is 3. The molecule has 1 aliphatic rings. The summed E-state index contributed by atoms with van der Waals surface area (Å²) in [5.74, 6) is 0. The summed E-state index contributed by atoms with van der Waals surface area (Å²) in [5, 5.41) is 3.36. The minimum atomic E-state index is 1.08. The molecular formula is C12H27N3. The number of hydrogen-bond donors (Lipinski definition) is 1. The maximum Gasteiger partial charge on any atom is 0.0104 e. The summed E-state index contributed by atoms with van der Waals surface area (Å²) in [6, 6.07) is 0. The monoisotopic (exact) mass is 213 g/mol. The Labute approximate surface area is 94.8 Å². The maximum atomic E-state index is 3.36.